The van der Waals surface area contributed by atoms with Gasteiger partial charge in [-0.3, -0.25) is 4.90 Å². The molecule has 1 aliphatic heterocycles. The lowest BCUT2D eigenvalue weighted by Crippen LogP contribution is -2.33. The number of para-hydroxylation sites is 1. The summed E-state index contributed by atoms with van der Waals surface area (Å²) in [4.78, 5) is 13.5. The van der Waals surface area contributed by atoms with Crippen LogP contribution in [-0.4, -0.2) is 36.2 Å². The van der Waals surface area contributed by atoms with Crippen LogP contribution >= 0.6 is 0 Å². The molecule has 4 nitrogen and oxygen atoms in total. The fourth-order valence-corrected chi connectivity index (χ4v) is 3.59. The van der Waals surface area contributed by atoms with Crippen LogP contribution < -0.4 is 4.74 Å². The molecule has 4 heteroatoms. The van der Waals surface area contributed by atoms with Crippen molar-refractivity contribution in [3.63, 3.8) is 0 Å². The third-order valence-corrected chi connectivity index (χ3v) is 4.99. The van der Waals surface area contributed by atoms with Crippen LogP contribution in [0.1, 0.15) is 34.3 Å². The van der Waals surface area contributed by atoms with Gasteiger partial charge in [0.25, 0.3) is 0 Å². The van der Waals surface area contributed by atoms with E-state index in [1.807, 2.05) is 24.3 Å². The molecule has 132 valence electrons. The molecule has 1 fully saturated rings. The molecule has 25 heavy (non-hydrogen) atoms. The van der Waals surface area contributed by atoms with E-state index in [0.717, 1.165) is 50.2 Å². The number of benzene rings is 2. The third kappa shape index (κ3) is 4.60. The third-order valence-electron chi connectivity index (χ3n) is 4.99. The van der Waals surface area contributed by atoms with E-state index in [4.69, 9.17) is 9.84 Å². The molecular weight excluding hydrogens is 314 g/mol. The van der Waals surface area contributed by atoms with Gasteiger partial charge in [-0.2, -0.15) is 0 Å². The predicted molar refractivity (Wildman–Crippen MR) is 98.1 cm³/mol. The van der Waals surface area contributed by atoms with Gasteiger partial charge in [-0.1, -0.05) is 30.3 Å². The smallest absolute Gasteiger partial charge is 0.335 e. The average molecular weight is 339 g/mol. The molecular formula is C21H25NO3. The molecule has 0 amide bonds. The van der Waals surface area contributed by atoms with Crippen molar-refractivity contribution in [2.45, 2.75) is 25.8 Å². The molecule has 2 aromatic rings. The Kier molecular flexibility index (Phi) is 5.71. The van der Waals surface area contributed by atoms with Gasteiger partial charge in [-0.05, 0) is 67.6 Å². The Labute approximate surface area is 149 Å². The first-order valence-electron chi connectivity index (χ1n) is 8.82. The maximum absolute atomic E-state index is 11.1. The number of likely N-dealkylation sites (tertiary alicyclic amines) is 1. The number of rotatable bonds is 6. The topological polar surface area (TPSA) is 49.8 Å². The van der Waals surface area contributed by atoms with Crippen molar-refractivity contribution in [3.05, 3.63) is 65.2 Å². The summed E-state index contributed by atoms with van der Waals surface area (Å²) in [6.07, 6.45) is 3.39. The van der Waals surface area contributed by atoms with Crippen LogP contribution in [0.25, 0.3) is 0 Å². The normalized spacial score (nSPS) is 15.9. The van der Waals surface area contributed by atoms with Crippen LogP contribution in [0, 0.1) is 5.92 Å². The Morgan fingerprint density at radius 2 is 1.92 bits per heavy atom. The summed E-state index contributed by atoms with van der Waals surface area (Å²) >= 11 is 0. The Bertz CT molecular complexity index is 721. The average Bonchev–Trinajstić information content (AvgIpc) is 2.64. The van der Waals surface area contributed by atoms with Gasteiger partial charge < -0.3 is 9.84 Å². The molecule has 1 N–H and O–H groups in total. The van der Waals surface area contributed by atoms with E-state index in [-0.39, 0.29) is 0 Å². The van der Waals surface area contributed by atoms with Crippen LogP contribution in [0.3, 0.4) is 0 Å². The van der Waals surface area contributed by atoms with E-state index in [9.17, 15) is 4.79 Å². The lowest BCUT2D eigenvalue weighted by molar-refractivity contribution is 0.0696. The second-order valence-electron chi connectivity index (χ2n) is 6.74. The Balaban J connectivity index is 1.53. The summed E-state index contributed by atoms with van der Waals surface area (Å²) in [6.45, 7) is 2.93. The highest BCUT2D eigenvalue weighted by atomic mass is 16.5. The van der Waals surface area contributed by atoms with Gasteiger partial charge in [-0.25, -0.2) is 4.79 Å². The minimum absolute atomic E-state index is 0.364. The number of carboxylic acids is 1. The highest BCUT2D eigenvalue weighted by Crippen LogP contribution is 2.27. The first-order valence-corrected chi connectivity index (χ1v) is 8.82. The summed E-state index contributed by atoms with van der Waals surface area (Å²) in [5.41, 5.74) is 2.73. The van der Waals surface area contributed by atoms with E-state index < -0.39 is 5.97 Å². The second-order valence-corrected chi connectivity index (χ2v) is 6.74. The number of hydrogen-bond donors (Lipinski definition) is 1. The molecule has 0 atom stereocenters. The van der Waals surface area contributed by atoms with E-state index >= 15 is 0 Å². The Morgan fingerprint density at radius 1 is 1.16 bits per heavy atom. The number of hydrogen-bond acceptors (Lipinski definition) is 3. The Hall–Kier alpha value is -2.33. The van der Waals surface area contributed by atoms with Crippen molar-refractivity contribution in [2.75, 3.05) is 20.2 Å². The molecule has 2 aromatic carbocycles. The SMILES string of the molecule is COc1ccccc1CC1CCN(Cc2cccc(C(=O)O)c2)CC1. The first kappa shape index (κ1) is 17.5. The highest BCUT2D eigenvalue weighted by molar-refractivity contribution is 5.87. The molecule has 0 bridgehead atoms. The quantitative estimate of drug-likeness (QED) is 0.868. The van der Waals surface area contributed by atoms with E-state index in [1.165, 1.54) is 5.56 Å². The van der Waals surface area contributed by atoms with Crippen LogP contribution in [0.5, 0.6) is 5.75 Å². The first-order chi connectivity index (χ1) is 12.2. The maximum Gasteiger partial charge on any atom is 0.335 e. The fraction of sp³-hybridized carbons (Fsp3) is 0.381. The molecule has 0 spiro atoms. The van der Waals surface area contributed by atoms with E-state index in [1.54, 1.807) is 19.2 Å². The number of nitrogens with zero attached hydrogens (tertiary/aromatic N) is 1. The van der Waals surface area contributed by atoms with Crippen LogP contribution in [0.15, 0.2) is 48.5 Å². The van der Waals surface area contributed by atoms with Gasteiger partial charge in [0.05, 0.1) is 12.7 Å². The summed E-state index contributed by atoms with van der Waals surface area (Å²) in [7, 11) is 1.73. The molecule has 0 aromatic heterocycles. The van der Waals surface area contributed by atoms with Gasteiger partial charge in [0.1, 0.15) is 5.75 Å². The predicted octanol–water partition coefficient (Wildman–Crippen LogP) is 3.85. The standard InChI is InChI=1S/C21H25NO3/c1-25-20-8-3-2-6-18(20)13-16-9-11-22(12-10-16)15-17-5-4-7-19(14-17)21(23)24/h2-8,14,16H,9-13,15H2,1H3,(H,23,24). The van der Waals surface area contributed by atoms with Crippen molar-refractivity contribution in [3.8, 4) is 5.75 Å². The molecule has 3 rings (SSSR count). The molecule has 0 radical (unpaired) electrons. The molecule has 1 heterocycles. The summed E-state index contributed by atoms with van der Waals surface area (Å²) in [5.74, 6) is 0.797. The number of methoxy groups -OCH3 is 1. The highest BCUT2D eigenvalue weighted by Gasteiger charge is 2.20. The van der Waals surface area contributed by atoms with Crippen molar-refractivity contribution in [2.24, 2.45) is 5.92 Å². The van der Waals surface area contributed by atoms with Crippen LogP contribution in [0.2, 0.25) is 0 Å². The van der Waals surface area contributed by atoms with E-state index in [0.29, 0.717) is 11.5 Å². The Morgan fingerprint density at radius 3 is 2.64 bits per heavy atom. The lowest BCUT2D eigenvalue weighted by atomic mass is 9.89. The summed E-state index contributed by atoms with van der Waals surface area (Å²) < 4.78 is 5.46. The van der Waals surface area contributed by atoms with Gasteiger partial charge in [0.2, 0.25) is 0 Å². The zero-order valence-electron chi connectivity index (χ0n) is 14.6. The van der Waals surface area contributed by atoms with Crippen molar-refractivity contribution in [1.29, 1.82) is 0 Å². The lowest BCUT2D eigenvalue weighted by Gasteiger charge is -2.32. The molecule has 1 saturated heterocycles. The fourth-order valence-electron chi connectivity index (χ4n) is 3.59. The molecule has 0 saturated carbocycles. The van der Waals surface area contributed by atoms with Crippen molar-refractivity contribution < 1.29 is 14.6 Å². The van der Waals surface area contributed by atoms with Gasteiger partial charge in [0.15, 0.2) is 0 Å². The molecule has 0 unspecified atom stereocenters. The van der Waals surface area contributed by atoms with Crippen LogP contribution in [-0.2, 0) is 13.0 Å². The second kappa shape index (κ2) is 8.17. The van der Waals surface area contributed by atoms with E-state index in [2.05, 4.69) is 17.0 Å². The minimum Gasteiger partial charge on any atom is -0.496 e. The summed E-state index contributed by atoms with van der Waals surface area (Å²) in [6, 6.07) is 15.5. The molecule has 0 aliphatic carbocycles. The number of carbonyl (C=O) groups is 1. The maximum atomic E-state index is 11.1. The zero-order valence-corrected chi connectivity index (χ0v) is 14.6. The van der Waals surface area contributed by atoms with Crippen LogP contribution in [0.4, 0.5) is 0 Å². The number of carboxylic acid groups (broad SMARTS) is 1. The van der Waals surface area contributed by atoms with Gasteiger partial charge in [-0.15, -0.1) is 0 Å². The van der Waals surface area contributed by atoms with Crippen molar-refractivity contribution >= 4 is 5.97 Å². The molecule has 1 aliphatic rings. The number of piperidine rings is 1. The largest absolute Gasteiger partial charge is 0.496 e. The minimum atomic E-state index is -0.864. The number of ether oxygens (including phenoxy) is 1. The zero-order chi connectivity index (χ0) is 17.6. The monoisotopic (exact) mass is 339 g/mol. The number of aromatic carboxylic acids is 1. The van der Waals surface area contributed by atoms with Gasteiger partial charge >= 0.3 is 5.97 Å². The van der Waals surface area contributed by atoms with Gasteiger partial charge in [0, 0.05) is 6.54 Å². The summed E-state index contributed by atoms with van der Waals surface area (Å²) in [5, 5.41) is 9.11. The van der Waals surface area contributed by atoms with Crippen molar-refractivity contribution in [1.82, 2.24) is 4.90 Å².